The molecule has 1 atom stereocenters. The fraction of sp³-hybridized carbons (Fsp3) is 0.467. The molecule has 1 aliphatic heterocycles. The monoisotopic (exact) mass is 354 g/mol. The number of carboxylic acids is 1. The molecule has 0 aromatic heterocycles. The maximum atomic E-state index is 12.2. The van der Waals surface area contributed by atoms with Crippen LogP contribution in [0.15, 0.2) is 16.6 Å². The SMILES string of the molecule is Cc1cc(Br)cc(C)c1NC(=O)N1CC(C(C)C(=O)O)C1. The normalized spacial score (nSPS) is 16.3. The minimum atomic E-state index is -0.806. The molecule has 1 aromatic rings. The maximum Gasteiger partial charge on any atom is 0.321 e. The van der Waals surface area contributed by atoms with Crippen LogP contribution in [0.4, 0.5) is 10.5 Å². The molecule has 2 N–H and O–H groups in total. The van der Waals surface area contributed by atoms with Crippen molar-refractivity contribution >= 4 is 33.6 Å². The maximum absolute atomic E-state index is 12.2. The molecule has 6 heteroatoms. The van der Waals surface area contributed by atoms with Crippen molar-refractivity contribution in [2.24, 2.45) is 11.8 Å². The van der Waals surface area contributed by atoms with Gasteiger partial charge in [-0.05, 0) is 37.1 Å². The number of aliphatic carboxylic acids is 1. The molecule has 5 nitrogen and oxygen atoms in total. The number of hydrogen-bond acceptors (Lipinski definition) is 2. The van der Waals surface area contributed by atoms with E-state index in [1.54, 1.807) is 11.8 Å². The van der Waals surface area contributed by atoms with Crippen molar-refractivity contribution in [3.63, 3.8) is 0 Å². The Labute approximate surface area is 132 Å². The number of hydrogen-bond donors (Lipinski definition) is 2. The molecule has 0 spiro atoms. The number of carbonyl (C=O) groups is 2. The van der Waals surface area contributed by atoms with Gasteiger partial charge in [-0.15, -0.1) is 0 Å². The summed E-state index contributed by atoms with van der Waals surface area (Å²) in [5.74, 6) is -1.18. The van der Waals surface area contributed by atoms with Gasteiger partial charge in [0.05, 0.1) is 5.92 Å². The van der Waals surface area contributed by atoms with E-state index in [1.807, 2.05) is 26.0 Å². The zero-order valence-electron chi connectivity index (χ0n) is 12.3. The van der Waals surface area contributed by atoms with Crippen LogP contribution in [0.5, 0.6) is 0 Å². The highest BCUT2D eigenvalue weighted by Crippen LogP contribution is 2.28. The van der Waals surface area contributed by atoms with Crippen LogP contribution < -0.4 is 5.32 Å². The molecule has 1 unspecified atom stereocenters. The molecular weight excluding hydrogens is 336 g/mol. The number of aryl methyl sites for hydroxylation is 2. The molecule has 1 aromatic carbocycles. The smallest absolute Gasteiger partial charge is 0.321 e. The van der Waals surface area contributed by atoms with E-state index in [1.165, 1.54) is 0 Å². The average Bonchev–Trinajstić information content (AvgIpc) is 2.31. The van der Waals surface area contributed by atoms with Gasteiger partial charge in [0.1, 0.15) is 0 Å². The third-order valence-corrected chi connectivity index (χ3v) is 4.48. The van der Waals surface area contributed by atoms with Crippen LogP contribution in [0.3, 0.4) is 0 Å². The minimum Gasteiger partial charge on any atom is -0.481 e. The van der Waals surface area contributed by atoms with E-state index in [9.17, 15) is 9.59 Å². The lowest BCUT2D eigenvalue weighted by Crippen LogP contribution is -2.54. The second kappa shape index (κ2) is 6.05. The fourth-order valence-electron chi connectivity index (χ4n) is 2.49. The van der Waals surface area contributed by atoms with Crippen LogP contribution in [0.2, 0.25) is 0 Å². The molecule has 0 radical (unpaired) electrons. The first-order chi connectivity index (χ1) is 9.79. The Bertz CT molecular complexity index is 559. The average molecular weight is 355 g/mol. The molecule has 0 aliphatic carbocycles. The zero-order valence-corrected chi connectivity index (χ0v) is 13.9. The highest BCUT2D eigenvalue weighted by molar-refractivity contribution is 9.10. The number of likely N-dealkylation sites (tertiary alicyclic amines) is 1. The van der Waals surface area contributed by atoms with E-state index in [0.29, 0.717) is 13.1 Å². The molecule has 1 heterocycles. The number of benzene rings is 1. The molecule has 2 amide bonds. The van der Waals surface area contributed by atoms with E-state index >= 15 is 0 Å². The molecule has 1 fully saturated rings. The Morgan fingerprint density at radius 2 is 1.86 bits per heavy atom. The molecule has 0 saturated carbocycles. The summed E-state index contributed by atoms with van der Waals surface area (Å²) in [6.45, 7) is 6.56. The number of anilines is 1. The molecule has 0 bridgehead atoms. The van der Waals surface area contributed by atoms with Crippen molar-refractivity contribution in [2.75, 3.05) is 18.4 Å². The molecule has 1 aliphatic rings. The summed E-state index contributed by atoms with van der Waals surface area (Å²) in [6.07, 6.45) is 0. The molecule has 2 rings (SSSR count). The van der Waals surface area contributed by atoms with Crippen LogP contribution in [-0.2, 0) is 4.79 Å². The third kappa shape index (κ3) is 3.37. The standard InChI is InChI=1S/C15H19BrN2O3/c1-8-4-12(16)5-9(2)13(8)17-15(21)18-6-11(7-18)10(3)14(19)20/h4-5,10-11H,6-7H2,1-3H3,(H,17,21)(H,19,20). The van der Waals surface area contributed by atoms with E-state index in [-0.39, 0.29) is 11.9 Å². The van der Waals surface area contributed by atoms with Crippen LogP contribution in [0.1, 0.15) is 18.1 Å². The Hall–Kier alpha value is -1.56. The van der Waals surface area contributed by atoms with Gasteiger partial charge in [0.15, 0.2) is 0 Å². The topological polar surface area (TPSA) is 69.6 Å². The van der Waals surface area contributed by atoms with E-state index in [2.05, 4.69) is 21.2 Å². The summed E-state index contributed by atoms with van der Waals surface area (Å²) in [6, 6.07) is 3.74. The van der Waals surface area contributed by atoms with Crippen molar-refractivity contribution in [3.05, 3.63) is 27.7 Å². The molecule has 114 valence electrons. The van der Waals surface area contributed by atoms with Gasteiger partial charge < -0.3 is 15.3 Å². The van der Waals surface area contributed by atoms with Gasteiger partial charge >= 0.3 is 12.0 Å². The summed E-state index contributed by atoms with van der Waals surface area (Å²) in [7, 11) is 0. The lowest BCUT2D eigenvalue weighted by molar-refractivity contribution is -0.144. The van der Waals surface area contributed by atoms with Crippen molar-refractivity contribution in [2.45, 2.75) is 20.8 Å². The lowest BCUT2D eigenvalue weighted by Gasteiger charge is -2.41. The van der Waals surface area contributed by atoms with E-state index in [0.717, 1.165) is 21.3 Å². The quantitative estimate of drug-likeness (QED) is 0.875. The summed E-state index contributed by atoms with van der Waals surface area (Å²) in [5, 5.41) is 11.9. The van der Waals surface area contributed by atoms with E-state index < -0.39 is 11.9 Å². The predicted molar refractivity (Wildman–Crippen MR) is 84.5 cm³/mol. The zero-order chi connectivity index (χ0) is 15.7. The second-order valence-corrected chi connectivity index (χ2v) is 6.55. The first kappa shape index (κ1) is 15.8. The first-order valence-corrected chi connectivity index (χ1v) is 7.64. The summed E-state index contributed by atoms with van der Waals surface area (Å²) < 4.78 is 0.981. The Kier molecular flexibility index (Phi) is 4.56. The summed E-state index contributed by atoms with van der Waals surface area (Å²) >= 11 is 3.43. The van der Waals surface area contributed by atoms with E-state index in [4.69, 9.17) is 5.11 Å². The number of nitrogens with one attached hydrogen (secondary N) is 1. The van der Waals surface area contributed by atoms with Crippen LogP contribution in [0, 0.1) is 25.7 Å². The van der Waals surface area contributed by atoms with Crippen molar-refractivity contribution in [1.82, 2.24) is 4.90 Å². The van der Waals surface area contributed by atoms with Crippen molar-refractivity contribution in [3.8, 4) is 0 Å². The third-order valence-electron chi connectivity index (χ3n) is 4.02. The van der Waals surface area contributed by atoms with Crippen LogP contribution in [0.25, 0.3) is 0 Å². The highest BCUT2D eigenvalue weighted by Gasteiger charge is 2.37. The summed E-state index contributed by atoms with van der Waals surface area (Å²) in [4.78, 5) is 24.7. The number of rotatable bonds is 3. The number of nitrogens with zero attached hydrogens (tertiary/aromatic N) is 1. The Morgan fingerprint density at radius 3 is 2.33 bits per heavy atom. The Morgan fingerprint density at radius 1 is 1.33 bits per heavy atom. The van der Waals surface area contributed by atoms with Crippen molar-refractivity contribution < 1.29 is 14.7 Å². The van der Waals surface area contributed by atoms with Gasteiger partial charge in [-0.25, -0.2) is 4.79 Å². The van der Waals surface area contributed by atoms with Gasteiger partial charge in [-0.2, -0.15) is 0 Å². The van der Waals surface area contributed by atoms with Gasteiger partial charge in [0.2, 0.25) is 0 Å². The largest absolute Gasteiger partial charge is 0.481 e. The lowest BCUT2D eigenvalue weighted by atomic mass is 9.87. The van der Waals surface area contributed by atoms with Gasteiger partial charge in [-0.1, -0.05) is 22.9 Å². The number of halogens is 1. The molecule has 1 saturated heterocycles. The number of amides is 2. The van der Waals surface area contributed by atoms with Crippen LogP contribution in [-0.4, -0.2) is 35.1 Å². The van der Waals surface area contributed by atoms with Gasteiger partial charge in [0.25, 0.3) is 0 Å². The minimum absolute atomic E-state index is 0.0420. The van der Waals surface area contributed by atoms with Gasteiger partial charge in [-0.3, -0.25) is 4.79 Å². The van der Waals surface area contributed by atoms with Gasteiger partial charge in [0, 0.05) is 29.2 Å². The highest BCUT2D eigenvalue weighted by atomic mass is 79.9. The number of carboxylic acid groups (broad SMARTS) is 1. The second-order valence-electron chi connectivity index (χ2n) is 5.64. The van der Waals surface area contributed by atoms with Crippen molar-refractivity contribution in [1.29, 1.82) is 0 Å². The number of carbonyl (C=O) groups excluding carboxylic acids is 1. The summed E-state index contributed by atoms with van der Waals surface area (Å²) in [5.41, 5.74) is 2.80. The predicted octanol–water partition coefficient (Wildman–Crippen LogP) is 3.25. The number of urea groups is 1. The van der Waals surface area contributed by atoms with Crippen LogP contribution >= 0.6 is 15.9 Å². The molecule has 21 heavy (non-hydrogen) atoms. The molecular formula is C15H19BrN2O3. The Balaban J connectivity index is 1.97. The first-order valence-electron chi connectivity index (χ1n) is 6.85. The fourth-order valence-corrected chi connectivity index (χ4v) is 3.18.